The molecule has 3 rings (SSSR count). The summed E-state index contributed by atoms with van der Waals surface area (Å²) >= 11 is 5.78. The van der Waals surface area contributed by atoms with Crippen LogP contribution in [-0.2, 0) is 4.79 Å². The molecule has 3 aromatic rings. The van der Waals surface area contributed by atoms with Crippen LogP contribution in [0.2, 0.25) is 0 Å². The molecular formula is C18H15BrN4O3S2. The van der Waals surface area contributed by atoms with E-state index in [0.717, 1.165) is 4.47 Å². The zero-order chi connectivity index (χ0) is 19.9. The van der Waals surface area contributed by atoms with Crippen molar-refractivity contribution in [2.45, 2.75) is 4.34 Å². The standard InChI is InChI=1S/C18H15BrN4O3S2/c1-26-14-8-3-2-7-13(14)20-15(24)10-27-18-23-22-17(28-18)21-16(25)11-5-4-6-12(19)9-11/h2-9H,10H2,1H3,(H,20,24)(H,21,22,25). The number of halogens is 1. The summed E-state index contributed by atoms with van der Waals surface area (Å²) in [5, 5.41) is 13.8. The zero-order valence-corrected chi connectivity index (χ0v) is 17.9. The Morgan fingerprint density at radius 3 is 2.75 bits per heavy atom. The molecule has 0 fully saturated rings. The lowest BCUT2D eigenvalue weighted by atomic mass is 10.2. The number of para-hydroxylation sites is 2. The molecule has 0 saturated heterocycles. The fourth-order valence-corrected chi connectivity index (χ4v) is 4.13. The Hall–Kier alpha value is -2.43. The van der Waals surface area contributed by atoms with E-state index in [2.05, 4.69) is 36.8 Å². The minimum absolute atomic E-state index is 0.159. The number of carbonyl (C=O) groups excluding carboxylic acids is 2. The van der Waals surface area contributed by atoms with E-state index >= 15 is 0 Å². The SMILES string of the molecule is COc1ccccc1NC(=O)CSc1nnc(NC(=O)c2cccc(Br)c2)s1. The van der Waals surface area contributed by atoms with Crippen LogP contribution in [0.1, 0.15) is 10.4 Å². The second-order valence-electron chi connectivity index (χ2n) is 5.37. The van der Waals surface area contributed by atoms with Crippen molar-refractivity contribution in [1.82, 2.24) is 10.2 Å². The molecule has 2 N–H and O–H groups in total. The summed E-state index contributed by atoms with van der Waals surface area (Å²) in [5.74, 6) is 0.286. The number of ether oxygens (including phenoxy) is 1. The zero-order valence-electron chi connectivity index (χ0n) is 14.6. The number of benzene rings is 2. The molecule has 28 heavy (non-hydrogen) atoms. The molecule has 0 aliphatic carbocycles. The third-order valence-electron chi connectivity index (χ3n) is 3.42. The molecule has 1 aromatic heterocycles. The Labute approximate surface area is 178 Å². The van der Waals surface area contributed by atoms with Gasteiger partial charge in [0.1, 0.15) is 5.75 Å². The van der Waals surface area contributed by atoms with Crippen molar-refractivity contribution in [3.8, 4) is 5.75 Å². The first-order valence-corrected chi connectivity index (χ1v) is 10.6. The van der Waals surface area contributed by atoms with Gasteiger partial charge in [-0.25, -0.2) is 0 Å². The van der Waals surface area contributed by atoms with E-state index in [0.29, 0.717) is 26.5 Å². The van der Waals surface area contributed by atoms with Crippen molar-refractivity contribution >= 4 is 61.7 Å². The number of aromatic nitrogens is 2. The van der Waals surface area contributed by atoms with E-state index in [-0.39, 0.29) is 17.6 Å². The molecule has 0 bridgehead atoms. The van der Waals surface area contributed by atoms with Crippen LogP contribution in [0.15, 0.2) is 57.3 Å². The number of methoxy groups -OCH3 is 1. The van der Waals surface area contributed by atoms with Crippen LogP contribution in [-0.4, -0.2) is 34.9 Å². The molecule has 2 aromatic carbocycles. The van der Waals surface area contributed by atoms with Crippen LogP contribution in [0.3, 0.4) is 0 Å². The number of amides is 2. The number of hydrogen-bond donors (Lipinski definition) is 2. The molecule has 7 nitrogen and oxygen atoms in total. The minimum atomic E-state index is -0.275. The first-order chi connectivity index (χ1) is 13.5. The first-order valence-electron chi connectivity index (χ1n) is 8.01. The average molecular weight is 479 g/mol. The summed E-state index contributed by atoms with van der Waals surface area (Å²) in [6, 6.07) is 14.2. The number of hydrogen-bond acceptors (Lipinski definition) is 7. The number of nitrogens with zero attached hydrogens (tertiary/aromatic N) is 2. The van der Waals surface area contributed by atoms with Crippen molar-refractivity contribution < 1.29 is 14.3 Å². The molecule has 0 saturated carbocycles. The van der Waals surface area contributed by atoms with E-state index in [4.69, 9.17) is 4.74 Å². The number of carbonyl (C=O) groups is 2. The maximum absolute atomic E-state index is 12.2. The maximum atomic E-state index is 12.2. The molecule has 144 valence electrons. The Bertz CT molecular complexity index is 996. The minimum Gasteiger partial charge on any atom is -0.495 e. The second-order valence-corrected chi connectivity index (χ2v) is 8.49. The molecule has 0 radical (unpaired) electrons. The van der Waals surface area contributed by atoms with E-state index in [1.54, 1.807) is 37.4 Å². The lowest BCUT2D eigenvalue weighted by Gasteiger charge is -2.08. The van der Waals surface area contributed by atoms with Crippen molar-refractivity contribution in [1.29, 1.82) is 0 Å². The lowest BCUT2D eigenvalue weighted by Crippen LogP contribution is -2.14. The predicted molar refractivity (Wildman–Crippen MR) is 114 cm³/mol. The van der Waals surface area contributed by atoms with Gasteiger partial charge in [-0.1, -0.05) is 57.2 Å². The molecule has 1 heterocycles. The fraction of sp³-hybridized carbons (Fsp3) is 0.111. The van der Waals surface area contributed by atoms with E-state index in [1.807, 2.05) is 18.2 Å². The lowest BCUT2D eigenvalue weighted by molar-refractivity contribution is -0.113. The van der Waals surface area contributed by atoms with Crippen LogP contribution < -0.4 is 15.4 Å². The van der Waals surface area contributed by atoms with Gasteiger partial charge in [-0.05, 0) is 30.3 Å². The molecule has 0 spiro atoms. The monoisotopic (exact) mass is 478 g/mol. The van der Waals surface area contributed by atoms with Gasteiger partial charge < -0.3 is 10.1 Å². The largest absolute Gasteiger partial charge is 0.495 e. The van der Waals surface area contributed by atoms with Crippen molar-refractivity contribution in [2.24, 2.45) is 0 Å². The van der Waals surface area contributed by atoms with Gasteiger partial charge >= 0.3 is 0 Å². The average Bonchev–Trinajstić information content (AvgIpc) is 3.14. The van der Waals surface area contributed by atoms with Gasteiger partial charge in [-0.2, -0.15) is 0 Å². The molecule has 0 unspecified atom stereocenters. The normalized spacial score (nSPS) is 10.4. The van der Waals surface area contributed by atoms with Crippen LogP contribution in [0.4, 0.5) is 10.8 Å². The van der Waals surface area contributed by atoms with Gasteiger partial charge in [0.05, 0.1) is 18.6 Å². The van der Waals surface area contributed by atoms with Crippen molar-refractivity contribution in [3.63, 3.8) is 0 Å². The Morgan fingerprint density at radius 2 is 1.96 bits per heavy atom. The van der Waals surface area contributed by atoms with Gasteiger partial charge in [-0.3, -0.25) is 14.9 Å². The smallest absolute Gasteiger partial charge is 0.257 e. The fourth-order valence-electron chi connectivity index (χ4n) is 2.18. The molecular weight excluding hydrogens is 464 g/mol. The highest BCUT2D eigenvalue weighted by molar-refractivity contribution is 9.10. The summed E-state index contributed by atoms with van der Waals surface area (Å²) in [6.45, 7) is 0. The molecule has 10 heteroatoms. The summed E-state index contributed by atoms with van der Waals surface area (Å²) < 4.78 is 6.61. The third kappa shape index (κ3) is 5.54. The topological polar surface area (TPSA) is 93.2 Å². The first kappa shape index (κ1) is 20.3. The maximum Gasteiger partial charge on any atom is 0.257 e. The second kappa shape index (κ2) is 9.67. The highest BCUT2D eigenvalue weighted by atomic mass is 79.9. The summed E-state index contributed by atoms with van der Waals surface area (Å²) in [6.07, 6.45) is 0. The third-order valence-corrected chi connectivity index (χ3v) is 5.89. The number of thioether (sulfide) groups is 1. The van der Waals surface area contributed by atoms with Crippen LogP contribution in [0.25, 0.3) is 0 Å². The summed E-state index contributed by atoms with van der Waals surface area (Å²) in [4.78, 5) is 24.4. The van der Waals surface area contributed by atoms with E-state index < -0.39 is 0 Å². The Kier molecular flexibility index (Phi) is 7.01. The Balaban J connectivity index is 1.53. The number of rotatable bonds is 7. The van der Waals surface area contributed by atoms with Crippen LogP contribution >= 0.6 is 39.0 Å². The predicted octanol–water partition coefficient (Wildman–Crippen LogP) is 4.29. The van der Waals surface area contributed by atoms with Crippen molar-refractivity contribution in [2.75, 3.05) is 23.5 Å². The summed E-state index contributed by atoms with van der Waals surface area (Å²) in [5.41, 5.74) is 1.12. The quantitative estimate of drug-likeness (QED) is 0.388. The van der Waals surface area contributed by atoms with Gasteiger partial charge in [0.25, 0.3) is 5.91 Å². The van der Waals surface area contributed by atoms with Gasteiger partial charge in [0, 0.05) is 10.0 Å². The van der Waals surface area contributed by atoms with Gasteiger partial charge in [-0.15, -0.1) is 10.2 Å². The molecule has 2 amide bonds. The van der Waals surface area contributed by atoms with Gasteiger partial charge in [0.15, 0.2) is 4.34 Å². The highest BCUT2D eigenvalue weighted by Gasteiger charge is 2.13. The molecule has 0 atom stereocenters. The molecule has 0 aliphatic rings. The highest BCUT2D eigenvalue weighted by Crippen LogP contribution is 2.27. The summed E-state index contributed by atoms with van der Waals surface area (Å²) in [7, 11) is 1.55. The van der Waals surface area contributed by atoms with Crippen LogP contribution in [0.5, 0.6) is 5.75 Å². The molecule has 0 aliphatic heterocycles. The number of nitrogens with one attached hydrogen (secondary N) is 2. The van der Waals surface area contributed by atoms with E-state index in [1.165, 1.54) is 23.1 Å². The van der Waals surface area contributed by atoms with Crippen LogP contribution in [0, 0.1) is 0 Å². The van der Waals surface area contributed by atoms with Crippen molar-refractivity contribution in [3.05, 3.63) is 58.6 Å². The van der Waals surface area contributed by atoms with Gasteiger partial charge in [0.2, 0.25) is 11.0 Å². The van der Waals surface area contributed by atoms with E-state index in [9.17, 15) is 9.59 Å². The Morgan fingerprint density at radius 1 is 1.14 bits per heavy atom. The number of anilines is 2.